The SMILES string of the molecule is CCNC(Cc1ccc(Cl)cc1)c1ccc(OCC)cc1. The molecule has 0 aliphatic heterocycles. The topological polar surface area (TPSA) is 21.3 Å². The molecule has 0 radical (unpaired) electrons. The van der Waals surface area contributed by atoms with E-state index in [4.69, 9.17) is 16.3 Å². The largest absolute Gasteiger partial charge is 0.494 e. The molecule has 2 aromatic carbocycles. The van der Waals surface area contributed by atoms with Crippen LogP contribution in [0, 0.1) is 0 Å². The van der Waals surface area contributed by atoms with Crippen molar-refractivity contribution < 1.29 is 4.74 Å². The van der Waals surface area contributed by atoms with Gasteiger partial charge in [0.1, 0.15) is 5.75 Å². The fraction of sp³-hybridized carbons (Fsp3) is 0.333. The standard InChI is InChI=1S/C18H22ClNO/c1-3-20-18(13-14-5-9-16(19)10-6-14)15-7-11-17(12-8-15)21-4-2/h5-12,18,20H,3-4,13H2,1-2H3. The molecule has 3 heteroatoms. The highest BCUT2D eigenvalue weighted by Gasteiger charge is 2.11. The predicted octanol–water partition coefficient (Wildman–Crippen LogP) is 4.63. The van der Waals surface area contributed by atoms with Gasteiger partial charge in [-0.25, -0.2) is 0 Å². The smallest absolute Gasteiger partial charge is 0.119 e. The first kappa shape index (κ1) is 15.9. The molecule has 0 saturated heterocycles. The molecule has 112 valence electrons. The molecule has 0 aliphatic carbocycles. The first-order valence-corrected chi connectivity index (χ1v) is 7.81. The van der Waals surface area contributed by atoms with Crippen molar-refractivity contribution in [1.82, 2.24) is 5.32 Å². The molecule has 1 unspecified atom stereocenters. The zero-order valence-corrected chi connectivity index (χ0v) is 13.4. The quantitative estimate of drug-likeness (QED) is 0.805. The Bertz CT molecular complexity index is 536. The van der Waals surface area contributed by atoms with Gasteiger partial charge >= 0.3 is 0 Å². The lowest BCUT2D eigenvalue weighted by Crippen LogP contribution is -2.22. The second-order valence-electron chi connectivity index (χ2n) is 4.94. The van der Waals surface area contributed by atoms with Crippen molar-refractivity contribution in [2.24, 2.45) is 0 Å². The number of nitrogens with one attached hydrogen (secondary N) is 1. The Labute approximate surface area is 132 Å². The van der Waals surface area contributed by atoms with Crippen molar-refractivity contribution in [3.05, 3.63) is 64.7 Å². The molecule has 2 nitrogen and oxygen atoms in total. The minimum absolute atomic E-state index is 0.298. The molecule has 1 atom stereocenters. The Balaban J connectivity index is 2.12. The van der Waals surface area contributed by atoms with Crippen LogP contribution in [0.15, 0.2) is 48.5 Å². The van der Waals surface area contributed by atoms with E-state index in [2.05, 4.69) is 36.5 Å². The van der Waals surface area contributed by atoms with E-state index in [-0.39, 0.29) is 0 Å². The Morgan fingerprint density at radius 3 is 2.24 bits per heavy atom. The Hall–Kier alpha value is -1.51. The Morgan fingerprint density at radius 2 is 1.67 bits per heavy atom. The maximum absolute atomic E-state index is 5.94. The number of hydrogen-bond donors (Lipinski definition) is 1. The highest BCUT2D eigenvalue weighted by molar-refractivity contribution is 6.30. The predicted molar refractivity (Wildman–Crippen MR) is 89.2 cm³/mol. The Kier molecular flexibility index (Phi) is 6.09. The number of hydrogen-bond acceptors (Lipinski definition) is 2. The molecule has 0 fully saturated rings. The lowest BCUT2D eigenvalue weighted by atomic mass is 9.99. The van der Waals surface area contributed by atoms with Crippen molar-refractivity contribution in [1.29, 1.82) is 0 Å². The summed E-state index contributed by atoms with van der Waals surface area (Å²) in [7, 11) is 0. The second kappa shape index (κ2) is 8.06. The van der Waals surface area contributed by atoms with Gasteiger partial charge in [-0.15, -0.1) is 0 Å². The molecule has 0 aromatic heterocycles. The van der Waals surface area contributed by atoms with Gasteiger partial charge in [-0.3, -0.25) is 0 Å². The molecule has 0 heterocycles. The first-order valence-electron chi connectivity index (χ1n) is 7.43. The number of ether oxygens (including phenoxy) is 1. The van der Waals surface area contributed by atoms with Crippen LogP contribution in [-0.4, -0.2) is 13.2 Å². The third-order valence-corrected chi connectivity index (χ3v) is 3.65. The van der Waals surface area contributed by atoms with E-state index in [0.29, 0.717) is 12.6 Å². The fourth-order valence-corrected chi connectivity index (χ4v) is 2.50. The minimum Gasteiger partial charge on any atom is -0.494 e. The van der Waals surface area contributed by atoms with E-state index < -0.39 is 0 Å². The summed E-state index contributed by atoms with van der Waals surface area (Å²) in [5.74, 6) is 0.919. The van der Waals surface area contributed by atoms with Crippen LogP contribution in [0.5, 0.6) is 5.75 Å². The lowest BCUT2D eigenvalue weighted by molar-refractivity contribution is 0.340. The van der Waals surface area contributed by atoms with E-state index >= 15 is 0 Å². The van der Waals surface area contributed by atoms with Crippen LogP contribution in [0.1, 0.15) is 31.0 Å². The number of benzene rings is 2. The van der Waals surface area contributed by atoms with E-state index in [1.807, 2.05) is 31.2 Å². The molecule has 2 aromatic rings. The summed E-state index contributed by atoms with van der Waals surface area (Å²) >= 11 is 5.94. The van der Waals surface area contributed by atoms with Gasteiger partial charge in [0.25, 0.3) is 0 Å². The fourth-order valence-electron chi connectivity index (χ4n) is 2.37. The van der Waals surface area contributed by atoms with Gasteiger partial charge in [0.05, 0.1) is 6.61 Å². The normalized spacial score (nSPS) is 12.1. The van der Waals surface area contributed by atoms with Crippen molar-refractivity contribution in [2.45, 2.75) is 26.3 Å². The third-order valence-electron chi connectivity index (χ3n) is 3.40. The zero-order chi connectivity index (χ0) is 15.1. The molecule has 1 N–H and O–H groups in total. The first-order chi connectivity index (χ1) is 10.2. The average molecular weight is 304 g/mol. The summed E-state index contributed by atoms with van der Waals surface area (Å²) in [6, 6.07) is 16.7. The minimum atomic E-state index is 0.298. The maximum Gasteiger partial charge on any atom is 0.119 e. The maximum atomic E-state index is 5.94. The number of likely N-dealkylation sites (N-methyl/N-ethyl adjacent to an activating group) is 1. The van der Waals surface area contributed by atoms with Crippen LogP contribution in [0.3, 0.4) is 0 Å². The molecule has 2 rings (SSSR count). The summed E-state index contributed by atoms with van der Waals surface area (Å²) in [5.41, 5.74) is 2.55. The van der Waals surface area contributed by atoms with Crippen molar-refractivity contribution >= 4 is 11.6 Å². The number of rotatable bonds is 7. The van der Waals surface area contributed by atoms with Gasteiger partial charge < -0.3 is 10.1 Å². The molecule has 0 bridgehead atoms. The average Bonchev–Trinajstić information content (AvgIpc) is 2.50. The molecule has 0 saturated carbocycles. The van der Waals surface area contributed by atoms with Crippen LogP contribution >= 0.6 is 11.6 Å². The van der Waals surface area contributed by atoms with Crippen molar-refractivity contribution in [3.8, 4) is 5.75 Å². The zero-order valence-electron chi connectivity index (χ0n) is 12.6. The van der Waals surface area contributed by atoms with Gasteiger partial charge in [-0.1, -0.05) is 42.8 Å². The molecular formula is C18H22ClNO. The van der Waals surface area contributed by atoms with E-state index in [1.54, 1.807) is 0 Å². The summed E-state index contributed by atoms with van der Waals surface area (Å²) in [6.45, 7) is 5.76. The monoisotopic (exact) mass is 303 g/mol. The Morgan fingerprint density at radius 1 is 1.00 bits per heavy atom. The van der Waals surface area contributed by atoms with E-state index in [1.165, 1.54) is 11.1 Å². The highest BCUT2D eigenvalue weighted by Crippen LogP contribution is 2.22. The van der Waals surface area contributed by atoms with E-state index in [0.717, 1.165) is 23.7 Å². The van der Waals surface area contributed by atoms with Gasteiger partial charge in [-0.05, 0) is 55.3 Å². The third kappa shape index (κ3) is 4.76. The van der Waals surface area contributed by atoms with Gasteiger partial charge in [-0.2, -0.15) is 0 Å². The van der Waals surface area contributed by atoms with Crippen molar-refractivity contribution in [3.63, 3.8) is 0 Å². The second-order valence-corrected chi connectivity index (χ2v) is 5.38. The van der Waals surface area contributed by atoms with Crippen LogP contribution < -0.4 is 10.1 Å². The van der Waals surface area contributed by atoms with Crippen LogP contribution in [0.4, 0.5) is 0 Å². The summed E-state index contributed by atoms with van der Waals surface area (Å²) < 4.78 is 5.50. The van der Waals surface area contributed by atoms with Gasteiger partial charge in [0, 0.05) is 11.1 Å². The van der Waals surface area contributed by atoms with Crippen molar-refractivity contribution in [2.75, 3.05) is 13.2 Å². The van der Waals surface area contributed by atoms with Gasteiger partial charge in [0.15, 0.2) is 0 Å². The molecule has 0 aliphatic rings. The summed E-state index contributed by atoms with van der Waals surface area (Å²) in [5, 5.41) is 4.32. The summed E-state index contributed by atoms with van der Waals surface area (Å²) in [6.07, 6.45) is 0.943. The summed E-state index contributed by atoms with van der Waals surface area (Å²) in [4.78, 5) is 0. The van der Waals surface area contributed by atoms with Crippen LogP contribution in [0.25, 0.3) is 0 Å². The van der Waals surface area contributed by atoms with Crippen LogP contribution in [-0.2, 0) is 6.42 Å². The highest BCUT2D eigenvalue weighted by atomic mass is 35.5. The van der Waals surface area contributed by atoms with Crippen LogP contribution in [0.2, 0.25) is 5.02 Å². The van der Waals surface area contributed by atoms with Gasteiger partial charge in [0.2, 0.25) is 0 Å². The molecule has 0 spiro atoms. The molecule has 0 amide bonds. The lowest BCUT2D eigenvalue weighted by Gasteiger charge is -2.19. The van der Waals surface area contributed by atoms with E-state index in [9.17, 15) is 0 Å². The molecule has 21 heavy (non-hydrogen) atoms. The molecular weight excluding hydrogens is 282 g/mol. The number of halogens is 1.